The average Bonchev–Trinajstić information content (AvgIpc) is 2.36. The highest BCUT2D eigenvalue weighted by atomic mass is 19.3. The second-order valence-electron chi connectivity index (χ2n) is 3.65. The predicted molar refractivity (Wildman–Crippen MR) is 57.6 cm³/mol. The summed E-state index contributed by atoms with van der Waals surface area (Å²) in [4.78, 5) is 11.4. The van der Waals surface area contributed by atoms with Gasteiger partial charge in [0, 0.05) is 12.1 Å². The Kier molecular flexibility index (Phi) is 4.66. The molecule has 0 spiro atoms. The van der Waals surface area contributed by atoms with Gasteiger partial charge in [0.25, 0.3) is 5.91 Å². The Morgan fingerprint density at radius 1 is 1.28 bits per heavy atom. The van der Waals surface area contributed by atoms with Crippen LogP contribution in [0.5, 0.6) is 0 Å². The Morgan fingerprint density at radius 3 is 2.28 bits per heavy atom. The van der Waals surface area contributed by atoms with Crippen molar-refractivity contribution in [2.45, 2.75) is 18.9 Å². The third kappa shape index (κ3) is 3.69. The van der Waals surface area contributed by atoms with E-state index in [0.29, 0.717) is 0 Å². The van der Waals surface area contributed by atoms with Gasteiger partial charge in [0.05, 0.1) is 6.54 Å². The lowest BCUT2D eigenvalue weighted by molar-refractivity contribution is -0.123. The molecule has 1 rings (SSSR count). The van der Waals surface area contributed by atoms with Crippen LogP contribution in [0.2, 0.25) is 0 Å². The molecule has 0 radical (unpaired) electrons. The zero-order valence-electron chi connectivity index (χ0n) is 9.30. The molecular formula is C11H12F4N2O. The molecule has 1 aromatic rings. The molecule has 1 aromatic carbocycles. The first-order valence-electron chi connectivity index (χ1n) is 5.10. The monoisotopic (exact) mass is 264 g/mol. The van der Waals surface area contributed by atoms with Crippen LogP contribution in [-0.2, 0) is 6.54 Å². The molecule has 18 heavy (non-hydrogen) atoms. The number of hydrogen-bond acceptors (Lipinski definition) is 2. The highest BCUT2D eigenvalue weighted by Crippen LogP contribution is 2.21. The van der Waals surface area contributed by atoms with Crippen LogP contribution < -0.4 is 11.1 Å². The molecule has 0 aliphatic rings. The van der Waals surface area contributed by atoms with Gasteiger partial charge in [-0.15, -0.1) is 0 Å². The normalized spacial score (nSPS) is 11.7. The van der Waals surface area contributed by atoms with E-state index in [1.165, 1.54) is 12.1 Å². The van der Waals surface area contributed by atoms with E-state index < -0.39 is 24.8 Å². The van der Waals surface area contributed by atoms with Crippen LogP contribution in [0.4, 0.5) is 17.6 Å². The zero-order chi connectivity index (χ0) is 13.8. The minimum atomic E-state index is -4.23. The van der Waals surface area contributed by atoms with Crippen LogP contribution in [0.1, 0.15) is 15.9 Å². The van der Waals surface area contributed by atoms with Gasteiger partial charge in [0.2, 0.25) is 0 Å². The van der Waals surface area contributed by atoms with E-state index in [-0.39, 0.29) is 12.1 Å². The second kappa shape index (κ2) is 5.81. The standard InChI is InChI=1S/C11H12F4N2O/c12-10(13)11(14,15)6-17-9(18)8-3-1-7(5-16)2-4-8/h1-4,10H,5-6,16H2,(H,17,18). The van der Waals surface area contributed by atoms with Crippen LogP contribution in [-0.4, -0.2) is 24.8 Å². The van der Waals surface area contributed by atoms with E-state index in [4.69, 9.17) is 5.73 Å². The Labute approximate surface area is 101 Å². The van der Waals surface area contributed by atoms with Gasteiger partial charge >= 0.3 is 12.3 Å². The lowest BCUT2D eigenvalue weighted by atomic mass is 10.1. The van der Waals surface area contributed by atoms with E-state index in [2.05, 4.69) is 0 Å². The summed E-state index contributed by atoms with van der Waals surface area (Å²) in [6.45, 7) is -1.12. The molecule has 0 unspecified atom stereocenters. The summed E-state index contributed by atoms with van der Waals surface area (Å²) in [6.07, 6.45) is -3.81. The van der Waals surface area contributed by atoms with Crippen molar-refractivity contribution < 1.29 is 22.4 Å². The third-order valence-corrected chi connectivity index (χ3v) is 2.26. The van der Waals surface area contributed by atoms with Crippen LogP contribution in [0.25, 0.3) is 0 Å². The van der Waals surface area contributed by atoms with E-state index >= 15 is 0 Å². The van der Waals surface area contributed by atoms with Crippen molar-refractivity contribution in [1.82, 2.24) is 5.32 Å². The van der Waals surface area contributed by atoms with Crippen molar-refractivity contribution in [3.63, 3.8) is 0 Å². The van der Waals surface area contributed by atoms with Crippen LogP contribution in [0, 0.1) is 0 Å². The van der Waals surface area contributed by atoms with Crippen molar-refractivity contribution in [2.75, 3.05) is 6.54 Å². The molecule has 0 bridgehead atoms. The Bertz CT molecular complexity index is 406. The number of rotatable bonds is 5. The quantitative estimate of drug-likeness (QED) is 0.796. The lowest BCUT2D eigenvalue weighted by Gasteiger charge is -2.15. The van der Waals surface area contributed by atoms with Crippen LogP contribution >= 0.6 is 0 Å². The van der Waals surface area contributed by atoms with Gasteiger partial charge in [0.1, 0.15) is 0 Å². The molecule has 0 aromatic heterocycles. The number of carbonyl (C=O) groups is 1. The van der Waals surface area contributed by atoms with Gasteiger partial charge in [-0.1, -0.05) is 12.1 Å². The SMILES string of the molecule is NCc1ccc(C(=O)NCC(F)(F)C(F)F)cc1. The fourth-order valence-electron chi connectivity index (χ4n) is 1.17. The summed E-state index contributed by atoms with van der Waals surface area (Å²) in [5, 5.41) is 1.76. The second-order valence-corrected chi connectivity index (χ2v) is 3.65. The van der Waals surface area contributed by atoms with Crippen LogP contribution in [0.15, 0.2) is 24.3 Å². The van der Waals surface area contributed by atoms with Gasteiger partial charge in [0.15, 0.2) is 0 Å². The number of carbonyl (C=O) groups excluding carboxylic acids is 1. The van der Waals surface area contributed by atoms with E-state index in [9.17, 15) is 22.4 Å². The number of alkyl halides is 4. The number of nitrogens with one attached hydrogen (secondary N) is 1. The zero-order valence-corrected chi connectivity index (χ0v) is 9.30. The number of hydrogen-bond donors (Lipinski definition) is 2. The molecule has 7 heteroatoms. The maximum atomic E-state index is 12.6. The topological polar surface area (TPSA) is 55.1 Å². The first-order chi connectivity index (χ1) is 8.36. The summed E-state index contributed by atoms with van der Waals surface area (Å²) in [5.41, 5.74) is 6.22. The number of benzene rings is 1. The molecule has 3 nitrogen and oxygen atoms in total. The number of amides is 1. The maximum Gasteiger partial charge on any atom is 0.324 e. The van der Waals surface area contributed by atoms with Crippen molar-refractivity contribution in [1.29, 1.82) is 0 Å². The molecule has 0 aliphatic carbocycles. The molecule has 1 amide bonds. The van der Waals surface area contributed by atoms with E-state index in [1.54, 1.807) is 17.4 Å². The van der Waals surface area contributed by atoms with Crippen molar-refractivity contribution in [3.05, 3.63) is 35.4 Å². The summed E-state index contributed by atoms with van der Waals surface area (Å²) in [7, 11) is 0. The molecule has 0 heterocycles. The third-order valence-electron chi connectivity index (χ3n) is 2.26. The number of halogens is 4. The first-order valence-corrected chi connectivity index (χ1v) is 5.10. The maximum absolute atomic E-state index is 12.6. The van der Waals surface area contributed by atoms with Gasteiger partial charge in [-0.3, -0.25) is 4.79 Å². The Morgan fingerprint density at radius 2 is 1.83 bits per heavy atom. The fourth-order valence-corrected chi connectivity index (χ4v) is 1.17. The average molecular weight is 264 g/mol. The first kappa shape index (κ1) is 14.4. The lowest BCUT2D eigenvalue weighted by Crippen LogP contribution is -2.41. The molecule has 0 atom stereocenters. The number of nitrogens with two attached hydrogens (primary N) is 1. The summed E-state index contributed by atoms with van der Waals surface area (Å²) in [5.74, 6) is -5.06. The smallest absolute Gasteiger partial charge is 0.324 e. The van der Waals surface area contributed by atoms with Crippen molar-refractivity contribution in [2.24, 2.45) is 5.73 Å². The molecular weight excluding hydrogens is 252 g/mol. The molecule has 0 aliphatic heterocycles. The molecule has 100 valence electrons. The van der Waals surface area contributed by atoms with Crippen LogP contribution in [0.3, 0.4) is 0 Å². The Hall–Kier alpha value is -1.63. The summed E-state index contributed by atoms with van der Waals surface area (Å²) in [6, 6.07) is 5.89. The molecule has 0 fully saturated rings. The van der Waals surface area contributed by atoms with Gasteiger partial charge in [-0.2, -0.15) is 8.78 Å². The minimum Gasteiger partial charge on any atom is -0.346 e. The molecule has 0 saturated carbocycles. The molecule has 0 saturated heterocycles. The van der Waals surface area contributed by atoms with Gasteiger partial charge < -0.3 is 11.1 Å². The minimum absolute atomic E-state index is 0.109. The van der Waals surface area contributed by atoms with Gasteiger partial charge in [-0.05, 0) is 17.7 Å². The fraction of sp³-hybridized carbons (Fsp3) is 0.364. The highest BCUT2D eigenvalue weighted by molar-refractivity contribution is 5.94. The Balaban J connectivity index is 2.60. The molecule has 3 N–H and O–H groups in total. The summed E-state index contributed by atoms with van der Waals surface area (Å²) >= 11 is 0. The van der Waals surface area contributed by atoms with Crippen molar-refractivity contribution in [3.8, 4) is 0 Å². The highest BCUT2D eigenvalue weighted by Gasteiger charge is 2.40. The van der Waals surface area contributed by atoms with Crippen molar-refractivity contribution >= 4 is 5.91 Å². The predicted octanol–water partition coefficient (Wildman–Crippen LogP) is 1.78. The van der Waals surface area contributed by atoms with Gasteiger partial charge in [-0.25, -0.2) is 8.78 Å². The van der Waals surface area contributed by atoms with E-state index in [1.807, 2.05) is 0 Å². The largest absolute Gasteiger partial charge is 0.346 e. The van der Waals surface area contributed by atoms with E-state index in [0.717, 1.165) is 5.56 Å². The summed E-state index contributed by atoms with van der Waals surface area (Å²) < 4.78 is 48.8.